The first-order valence-corrected chi connectivity index (χ1v) is 15.1. The summed E-state index contributed by atoms with van der Waals surface area (Å²) in [6.45, 7) is 0.806. The van der Waals surface area contributed by atoms with Crippen LogP contribution in [0.15, 0.2) is 42.5 Å². The monoisotopic (exact) mass is 579 g/mol. The molecule has 0 saturated carbocycles. The summed E-state index contributed by atoms with van der Waals surface area (Å²) < 4.78 is 89.2. The van der Waals surface area contributed by atoms with Crippen LogP contribution in [0.3, 0.4) is 0 Å². The van der Waals surface area contributed by atoms with Gasteiger partial charge in [-0.2, -0.15) is 18.4 Å². The Morgan fingerprint density at radius 1 is 1.12 bits per heavy atom. The van der Waals surface area contributed by atoms with Gasteiger partial charge >= 0.3 is 6.18 Å². The fourth-order valence-electron chi connectivity index (χ4n) is 6.79. The van der Waals surface area contributed by atoms with Crippen molar-refractivity contribution in [3.05, 3.63) is 70.5 Å². The molecule has 0 radical (unpaired) electrons. The molecule has 40 heavy (non-hydrogen) atoms. The number of likely N-dealkylation sites (tertiary alicyclic amines) is 1. The SMILES string of the molecule is CC(F)(c1ccc2c(c1)CC[C@H]1N(C(=O)C3(C#N)CCS(=N)(=O)CC3)CC[C@@]21Cc1ccc(F)cc1)C(F)(F)F. The van der Waals surface area contributed by atoms with E-state index in [9.17, 15) is 36.2 Å². The number of carbonyl (C=O) groups is 1. The molecule has 3 aliphatic rings. The standard InChI is InChI=1S/C29H30F5N3O2S/c1-26(31,29(32,33)34)21-5-8-23-20(16-21)4-9-24-28(23,17-19-2-6-22(30)7-3-19)10-13-37(24)25(38)27(18-35)11-14-40(36,39)15-12-27/h2-3,5-8,16,24,36H,4,9-15,17H2,1H3/t24-,26?,27?,28-,40?/m1/s1. The molecule has 2 fully saturated rings. The fraction of sp³-hybridized carbons (Fsp3) is 0.517. The average molecular weight is 580 g/mol. The highest BCUT2D eigenvalue weighted by Crippen LogP contribution is 2.52. The van der Waals surface area contributed by atoms with Gasteiger partial charge in [-0.3, -0.25) is 9.57 Å². The van der Waals surface area contributed by atoms with Crippen LogP contribution in [0, 0.1) is 27.3 Å². The predicted octanol–water partition coefficient (Wildman–Crippen LogP) is 5.95. The number of benzene rings is 2. The second-order valence-corrected chi connectivity index (χ2v) is 14.0. The van der Waals surface area contributed by atoms with Crippen LogP contribution in [0.5, 0.6) is 0 Å². The molecule has 214 valence electrons. The van der Waals surface area contributed by atoms with Gasteiger partial charge in [-0.05, 0) is 79.8 Å². The number of hydrogen-bond donors (Lipinski definition) is 1. The number of carbonyl (C=O) groups excluding carboxylic acids is 1. The topological polar surface area (TPSA) is 85.0 Å². The van der Waals surface area contributed by atoms with Gasteiger partial charge in [0, 0.05) is 39.2 Å². The summed E-state index contributed by atoms with van der Waals surface area (Å²) in [6, 6.07) is 11.7. The fourth-order valence-corrected chi connectivity index (χ4v) is 8.35. The first-order valence-electron chi connectivity index (χ1n) is 13.2. The van der Waals surface area contributed by atoms with Crippen molar-refractivity contribution in [3.8, 4) is 6.07 Å². The molecule has 11 heteroatoms. The van der Waals surface area contributed by atoms with E-state index in [0.29, 0.717) is 44.7 Å². The lowest BCUT2D eigenvalue weighted by Gasteiger charge is -2.45. The van der Waals surface area contributed by atoms with Crippen molar-refractivity contribution in [2.75, 3.05) is 18.1 Å². The highest BCUT2D eigenvalue weighted by Gasteiger charge is 2.57. The van der Waals surface area contributed by atoms with E-state index in [0.717, 1.165) is 17.2 Å². The summed E-state index contributed by atoms with van der Waals surface area (Å²) in [4.78, 5) is 15.7. The lowest BCUT2D eigenvalue weighted by atomic mass is 9.63. The summed E-state index contributed by atoms with van der Waals surface area (Å²) in [5.74, 6) is -0.843. The van der Waals surface area contributed by atoms with Crippen LogP contribution in [-0.2, 0) is 38.4 Å². The van der Waals surface area contributed by atoms with E-state index in [-0.39, 0.29) is 30.3 Å². The normalized spacial score (nSPS) is 31.5. The molecule has 5 rings (SSSR count). The number of fused-ring (bicyclic) bond motifs is 3. The van der Waals surface area contributed by atoms with Crippen molar-refractivity contribution in [1.82, 2.24) is 4.90 Å². The van der Waals surface area contributed by atoms with E-state index in [1.165, 1.54) is 24.3 Å². The van der Waals surface area contributed by atoms with Gasteiger partial charge in [0.15, 0.2) is 0 Å². The van der Waals surface area contributed by atoms with E-state index >= 15 is 0 Å². The van der Waals surface area contributed by atoms with Gasteiger partial charge < -0.3 is 4.90 Å². The van der Waals surface area contributed by atoms with Crippen LogP contribution in [0.4, 0.5) is 22.0 Å². The van der Waals surface area contributed by atoms with Gasteiger partial charge in [-0.15, -0.1) is 0 Å². The third kappa shape index (κ3) is 4.58. The van der Waals surface area contributed by atoms with Crippen LogP contribution in [-0.4, -0.2) is 45.3 Å². The maximum absolute atomic E-state index is 14.9. The minimum Gasteiger partial charge on any atom is -0.337 e. The minimum atomic E-state index is -5.09. The van der Waals surface area contributed by atoms with E-state index in [1.807, 2.05) is 0 Å². The second-order valence-electron chi connectivity index (χ2n) is 11.5. The summed E-state index contributed by atoms with van der Waals surface area (Å²) >= 11 is 0. The molecule has 2 aliphatic heterocycles. The maximum Gasteiger partial charge on any atom is 0.426 e. The molecule has 3 atom stereocenters. The van der Waals surface area contributed by atoms with Gasteiger partial charge in [0.25, 0.3) is 0 Å². The highest BCUT2D eigenvalue weighted by atomic mass is 32.2. The Balaban J connectivity index is 1.57. The van der Waals surface area contributed by atoms with Gasteiger partial charge in [-0.25, -0.2) is 13.0 Å². The van der Waals surface area contributed by atoms with E-state index in [1.54, 1.807) is 17.0 Å². The van der Waals surface area contributed by atoms with Crippen LogP contribution >= 0.6 is 0 Å². The van der Waals surface area contributed by atoms with E-state index in [4.69, 9.17) is 4.78 Å². The summed E-state index contributed by atoms with van der Waals surface area (Å²) in [7, 11) is -2.83. The Hall–Kier alpha value is -3.00. The third-order valence-electron chi connectivity index (χ3n) is 9.25. The Bertz CT molecular complexity index is 1470. The molecular weight excluding hydrogens is 549 g/mol. The molecule has 5 nitrogen and oxygen atoms in total. The van der Waals surface area contributed by atoms with Crippen molar-refractivity contribution in [2.45, 2.75) is 68.8 Å². The number of nitriles is 1. The van der Waals surface area contributed by atoms with Crippen LogP contribution in [0.1, 0.15) is 54.9 Å². The second kappa shape index (κ2) is 9.54. The van der Waals surface area contributed by atoms with Crippen molar-refractivity contribution in [3.63, 3.8) is 0 Å². The summed E-state index contributed by atoms with van der Waals surface area (Å²) in [5.41, 5.74) is -4.04. The largest absolute Gasteiger partial charge is 0.426 e. The Morgan fingerprint density at radius 2 is 1.77 bits per heavy atom. The number of alkyl halides is 4. The van der Waals surface area contributed by atoms with Crippen molar-refractivity contribution in [1.29, 1.82) is 10.0 Å². The smallest absolute Gasteiger partial charge is 0.337 e. The minimum absolute atomic E-state index is 0.0294. The van der Waals surface area contributed by atoms with Gasteiger partial charge in [0.05, 0.1) is 6.07 Å². The zero-order chi connectivity index (χ0) is 29.1. The van der Waals surface area contributed by atoms with Crippen LogP contribution in [0.25, 0.3) is 0 Å². The maximum atomic E-state index is 14.9. The lowest BCUT2D eigenvalue weighted by Crippen LogP contribution is -2.54. The van der Waals surface area contributed by atoms with Crippen LogP contribution < -0.4 is 0 Å². The number of halogens is 5. The molecule has 2 aromatic rings. The number of nitrogens with zero attached hydrogens (tertiary/aromatic N) is 2. The molecule has 2 heterocycles. The average Bonchev–Trinajstić information content (AvgIpc) is 3.28. The molecule has 1 N–H and O–H groups in total. The van der Waals surface area contributed by atoms with Gasteiger partial charge in [-0.1, -0.05) is 30.3 Å². The Labute approximate surface area is 230 Å². The Kier molecular flexibility index (Phi) is 6.80. The van der Waals surface area contributed by atoms with Gasteiger partial charge in [0.2, 0.25) is 11.6 Å². The first kappa shape index (κ1) is 28.5. The zero-order valence-corrected chi connectivity index (χ0v) is 22.8. The third-order valence-corrected chi connectivity index (χ3v) is 11.0. The van der Waals surface area contributed by atoms with Gasteiger partial charge in [0.1, 0.15) is 11.2 Å². The molecular formula is C29H30F5N3O2S. The molecule has 1 unspecified atom stereocenters. The van der Waals surface area contributed by atoms with E-state index in [2.05, 4.69) is 6.07 Å². The van der Waals surface area contributed by atoms with Crippen LogP contribution in [0.2, 0.25) is 0 Å². The molecule has 0 bridgehead atoms. The molecule has 0 aromatic heterocycles. The summed E-state index contributed by atoms with van der Waals surface area (Å²) in [5, 5.41) is 10.1. The molecule has 2 aromatic carbocycles. The quantitative estimate of drug-likeness (QED) is 0.455. The van der Waals surface area contributed by atoms with Crippen molar-refractivity contribution >= 4 is 15.6 Å². The molecule has 2 saturated heterocycles. The highest BCUT2D eigenvalue weighted by molar-refractivity contribution is 7.92. The number of hydrogen-bond acceptors (Lipinski definition) is 4. The first-order chi connectivity index (χ1) is 18.6. The number of aryl methyl sites for hydroxylation is 1. The number of amides is 1. The molecule has 1 aliphatic carbocycles. The predicted molar refractivity (Wildman–Crippen MR) is 139 cm³/mol. The number of rotatable bonds is 4. The lowest BCUT2D eigenvalue weighted by molar-refractivity contribution is -0.228. The molecule has 0 spiro atoms. The number of nitrogens with one attached hydrogen (secondary N) is 1. The summed E-state index contributed by atoms with van der Waals surface area (Å²) in [6.07, 6.45) is -3.48. The Morgan fingerprint density at radius 3 is 2.38 bits per heavy atom. The molecule has 1 amide bonds. The zero-order valence-electron chi connectivity index (χ0n) is 22.0. The van der Waals surface area contributed by atoms with Crippen molar-refractivity contribution < 1.29 is 31.0 Å². The van der Waals surface area contributed by atoms with Crippen molar-refractivity contribution in [2.24, 2.45) is 5.41 Å². The van der Waals surface area contributed by atoms with E-state index < -0.39 is 49.8 Å².